The average Bonchev–Trinajstić information content (AvgIpc) is 2.37. The van der Waals surface area contributed by atoms with Gasteiger partial charge in [-0.1, -0.05) is 13.8 Å². The molecule has 0 bridgehead atoms. The fourth-order valence-corrected chi connectivity index (χ4v) is 1.98. The molecule has 1 amide bonds. The van der Waals surface area contributed by atoms with Crippen molar-refractivity contribution in [3.8, 4) is 0 Å². The van der Waals surface area contributed by atoms with Crippen LogP contribution in [0.4, 0.5) is 8.78 Å². The molecule has 116 valence electrons. The maximum atomic E-state index is 13.6. The number of aliphatic carboxylic acids is 1. The molecule has 1 aromatic carbocycles. The minimum atomic E-state index is -1.01. The van der Waals surface area contributed by atoms with E-state index >= 15 is 0 Å². The number of benzene rings is 1. The lowest BCUT2D eigenvalue weighted by atomic mass is 9.97. The molecule has 0 aliphatic carbocycles. The minimum Gasteiger partial charge on any atom is -0.481 e. The van der Waals surface area contributed by atoms with Gasteiger partial charge in [-0.2, -0.15) is 0 Å². The maximum absolute atomic E-state index is 13.6. The van der Waals surface area contributed by atoms with Crippen LogP contribution < -0.4 is 5.32 Å². The number of rotatable bonds is 6. The van der Waals surface area contributed by atoms with Crippen molar-refractivity contribution >= 4 is 11.9 Å². The maximum Gasteiger partial charge on any atom is 0.308 e. The van der Waals surface area contributed by atoms with Crippen LogP contribution in [-0.2, 0) is 4.79 Å². The molecule has 0 fully saturated rings. The van der Waals surface area contributed by atoms with Crippen LogP contribution in [-0.4, -0.2) is 23.5 Å². The molecule has 1 unspecified atom stereocenters. The van der Waals surface area contributed by atoms with Crippen molar-refractivity contribution in [3.63, 3.8) is 0 Å². The highest BCUT2D eigenvalue weighted by Gasteiger charge is 2.21. The van der Waals surface area contributed by atoms with E-state index in [4.69, 9.17) is 5.11 Å². The predicted octanol–water partition coefficient (Wildman–Crippen LogP) is 2.75. The zero-order chi connectivity index (χ0) is 16.2. The van der Waals surface area contributed by atoms with Crippen molar-refractivity contribution in [2.45, 2.75) is 27.2 Å². The first kappa shape index (κ1) is 17.1. The van der Waals surface area contributed by atoms with E-state index in [0.717, 1.165) is 6.07 Å². The zero-order valence-corrected chi connectivity index (χ0v) is 12.2. The van der Waals surface area contributed by atoms with Gasteiger partial charge < -0.3 is 10.4 Å². The molecule has 0 aliphatic heterocycles. The first-order valence-corrected chi connectivity index (χ1v) is 6.69. The molecule has 1 rings (SSSR count). The van der Waals surface area contributed by atoms with E-state index in [9.17, 15) is 18.4 Å². The van der Waals surface area contributed by atoms with Gasteiger partial charge in [0, 0.05) is 12.6 Å². The van der Waals surface area contributed by atoms with Crippen LogP contribution in [0.25, 0.3) is 0 Å². The number of amides is 1. The normalized spacial score (nSPS) is 12.3. The number of nitrogens with one attached hydrogen (secondary N) is 1. The molecule has 0 spiro atoms. The molecule has 4 nitrogen and oxygen atoms in total. The van der Waals surface area contributed by atoms with E-state index in [1.165, 1.54) is 6.92 Å². The number of carboxylic acids is 1. The van der Waals surface area contributed by atoms with Crippen LogP contribution in [0, 0.1) is 30.4 Å². The molecule has 1 atom stereocenters. The van der Waals surface area contributed by atoms with Gasteiger partial charge in [-0.15, -0.1) is 0 Å². The molecule has 0 saturated carbocycles. The Morgan fingerprint density at radius 3 is 2.38 bits per heavy atom. The van der Waals surface area contributed by atoms with Crippen LogP contribution >= 0.6 is 0 Å². The highest BCUT2D eigenvalue weighted by Crippen LogP contribution is 2.15. The summed E-state index contributed by atoms with van der Waals surface area (Å²) in [4.78, 5) is 23.0. The summed E-state index contributed by atoms with van der Waals surface area (Å²) >= 11 is 0. The van der Waals surface area contributed by atoms with E-state index < -0.39 is 29.4 Å². The smallest absolute Gasteiger partial charge is 0.308 e. The Kier molecular flexibility index (Phi) is 5.81. The topological polar surface area (TPSA) is 66.4 Å². The van der Waals surface area contributed by atoms with Crippen molar-refractivity contribution < 1.29 is 23.5 Å². The van der Waals surface area contributed by atoms with Gasteiger partial charge in [-0.3, -0.25) is 9.59 Å². The monoisotopic (exact) mass is 299 g/mol. The van der Waals surface area contributed by atoms with Gasteiger partial charge in [-0.05, 0) is 30.9 Å². The molecule has 0 saturated heterocycles. The van der Waals surface area contributed by atoms with Gasteiger partial charge in [0.2, 0.25) is 0 Å². The van der Waals surface area contributed by atoms with Gasteiger partial charge in [-0.25, -0.2) is 8.78 Å². The number of hydrogen-bond donors (Lipinski definition) is 2. The number of hydrogen-bond acceptors (Lipinski definition) is 2. The molecule has 1 aromatic rings. The number of carbonyl (C=O) groups excluding carboxylic acids is 1. The summed E-state index contributed by atoms with van der Waals surface area (Å²) in [5, 5.41) is 11.5. The Bertz CT molecular complexity index is 544. The zero-order valence-electron chi connectivity index (χ0n) is 12.2. The third-order valence-electron chi connectivity index (χ3n) is 3.11. The second kappa shape index (κ2) is 7.15. The van der Waals surface area contributed by atoms with Crippen LogP contribution in [0.3, 0.4) is 0 Å². The highest BCUT2D eigenvalue weighted by atomic mass is 19.1. The van der Waals surface area contributed by atoms with Crippen LogP contribution in [0.5, 0.6) is 0 Å². The predicted molar refractivity (Wildman–Crippen MR) is 74.0 cm³/mol. The van der Waals surface area contributed by atoms with Gasteiger partial charge in [0.25, 0.3) is 5.91 Å². The minimum absolute atomic E-state index is 0.0950. The lowest BCUT2D eigenvalue weighted by molar-refractivity contribution is -0.142. The molecule has 0 radical (unpaired) electrons. The Hall–Kier alpha value is -1.98. The van der Waals surface area contributed by atoms with Crippen molar-refractivity contribution in [1.29, 1.82) is 0 Å². The van der Waals surface area contributed by atoms with E-state index in [1.54, 1.807) is 0 Å². The Labute approximate surface area is 122 Å². The highest BCUT2D eigenvalue weighted by molar-refractivity contribution is 5.94. The molecule has 0 aliphatic rings. The Balaban J connectivity index is 2.77. The first-order valence-electron chi connectivity index (χ1n) is 6.69. The second-order valence-electron chi connectivity index (χ2n) is 5.46. The summed E-state index contributed by atoms with van der Waals surface area (Å²) in [5.74, 6) is -4.03. The van der Waals surface area contributed by atoms with E-state index in [0.29, 0.717) is 12.5 Å². The Morgan fingerprint density at radius 1 is 1.24 bits per heavy atom. The summed E-state index contributed by atoms with van der Waals surface area (Å²) in [6, 6.07) is 1.76. The lowest BCUT2D eigenvalue weighted by Crippen LogP contribution is -2.34. The van der Waals surface area contributed by atoms with E-state index in [1.807, 2.05) is 13.8 Å². The summed E-state index contributed by atoms with van der Waals surface area (Å²) in [6.45, 7) is 5.08. The van der Waals surface area contributed by atoms with Gasteiger partial charge in [0.05, 0.1) is 11.5 Å². The van der Waals surface area contributed by atoms with Crippen molar-refractivity contribution in [2.24, 2.45) is 11.8 Å². The quantitative estimate of drug-likeness (QED) is 0.849. The van der Waals surface area contributed by atoms with Crippen molar-refractivity contribution in [3.05, 3.63) is 34.9 Å². The molecule has 6 heteroatoms. The molecule has 21 heavy (non-hydrogen) atoms. The largest absolute Gasteiger partial charge is 0.481 e. The summed E-state index contributed by atoms with van der Waals surface area (Å²) in [5.41, 5.74) is -0.138. The summed E-state index contributed by atoms with van der Waals surface area (Å²) in [7, 11) is 0. The Morgan fingerprint density at radius 2 is 1.86 bits per heavy atom. The van der Waals surface area contributed by atoms with Crippen molar-refractivity contribution in [2.75, 3.05) is 6.54 Å². The fourth-order valence-electron chi connectivity index (χ4n) is 1.98. The fraction of sp³-hybridized carbons (Fsp3) is 0.467. The first-order chi connectivity index (χ1) is 9.72. The summed E-state index contributed by atoms with van der Waals surface area (Å²) < 4.78 is 26.7. The van der Waals surface area contributed by atoms with Crippen molar-refractivity contribution in [1.82, 2.24) is 5.32 Å². The molecule has 2 N–H and O–H groups in total. The number of carboxylic acid groups (broad SMARTS) is 1. The van der Waals surface area contributed by atoms with Gasteiger partial charge >= 0.3 is 5.97 Å². The van der Waals surface area contributed by atoms with Crippen LogP contribution in [0.15, 0.2) is 12.1 Å². The molecule has 0 heterocycles. The van der Waals surface area contributed by atoms with Crippen LogP contribution in [0.1, 0.15) is 36.2 Å². The van der Waals surface area contributed by atoms with Gasteiger partial charge in [0.15, 0.2) is 0 Å². The second-order valence-corrected chi connectivity index (χ2v) is 5.46. The SMILES string of the molecule is Cc1cc(C(=O)NCC(CC(C)C)C(=O)O)c(F)cc1F. The number of aryl methyl sites for hydroxylation is 1. The standard InChI is InChI=1S/C15H19F2NO3/c1-8(2)4-10(15(20)21)7-18-14(19)11-5-9(3)12(16)6-13(11)17/h5-6,8,10H,4,7H2,1-3H3,(H,18,19)(H,20,21). The van der Waals surface area contributed by atoms with E-state index in [2.05, 4.69) is 5.32 Å². The number of carbonyl (C=O) groups is 2. The van der Waals surface area contributed by atoms with Gasteiger partial charge in [0.1, 0.15) is 11.6 Å². The third-order valence-corrected chi connectivity index (χ3v) is 3.11. The lowest BCUT2D eigenvalue weighted by Gasteiger charge is -2.15. The van der Waals surface area contributed by atoms with Crippen LogP contribution in [0.2, 0.25) is 0 Å². The van der Waals surface area contributed by atoms with E-state index in [-0.39, 0.29) is 23.6 Å². The molecular formula is C15H19F2NO3. The average molecular weight is 299 g/mol. The molecule has 0 aromatic heterocycles. The third kappa shape index (κ3) is 4.81. The number of halogens is 2. The molecular weight excluding hydrogens is 280 g/mol. The summed E-state index contributed by atoms with van der Waals surface area (Å²) in [6.07, 6.45) is 0.403.